The van der Waals surface area contributed by atoms with Crippen molar-refractivity contribution in [2.75, 3.05) is 5.32 Å². The molecule has 1 N–H and O–H groups in total. The van der Waals surface area contributed by atoms with Crippen LogP contribution in [0.2, 0.25) is 0 Å². The maximum atomic E-state index is 11.6. The molecule has 0 saturated heterocycles. The molecular formula is C14H15N7O2. The van der Waals surface area contributed by atoms with Crippen LogP contribution in [0.1, 0.15) is 20.3 Å². The number of nitrogens with zero attached hydrogens (tertiary/aromatic N) is 6. The maximum absolute atomic E-state index is 11.6. The van der Waals surface area contributed by atoms with E-state index < -0.39 is 4.92 Å². The molecule has 23 heavy (non-hydrogen) atoms. The van der Waals surface area contributed by atoms with E-state index in [1.165, 1.54) is 11.0 Å². The summed E-state index contributed by atoms with van der Waals surface area (Å²) in [5.41, 5.74) is 1.06. The maximum Gasteiger partial charge on any atom is 0.355 e. The Morgan fingerprint density at radius 2 is 2.13 bits per heavy atom. The summed E-state index contributed by atoms with van der Waals surface area (Å²) in [7, 11) is 0. The first kappa shape index (κ1) is 14.8. The highest BCUT2D eigenvalue weighted by Crippen LogP contribution is 2.29. The van der Waals surface area contributed by atoms with Crippen molar-refractivity contribution in [3.05, 3.63) is 40.7 Å². The molecule has 0 radical (unpaired) electrons. The Bertz CT molecular complexity index is 861. The first-order valence-corrected chi connectivity index (χ1v) is 7.18. The Labute approximate surface area is 131 Å². The van der Waals surface area contributed by atoms with Crippen LogP contribution in [0.4, 0.5) is 11.5 Å². The molecule has 3 rings (SSSR count). The van der Waals surface area contributed by atoms with Crippen molar-refractivity contribution in [1.82, 2.24) is 25.0 Å². The third kappa shape index (κ3) is 2.68. The zero-order valence-corrected chi connectivity index (χ0v) is 12.7. The molecule has 0 fully saturated rings. The Morgan fingerprint density at radius 3 is 2.87 bits per heavy atom. The predicted octanol–water partition coefficient (Wildman–Crippen LogP) is 2.33. The van der Waals surface area contributed by atoms with Gasteiger partial charge < -0.3 is 5.32 Å². The fourth-order valence-corrected chi connectivity index (χ4v) is 2.16. The predicted molar refractivity (Wildman–Crippen MR) is 84.5 cm³/mol. The van der Waals surface area contributed by atoms with Gasteiger partial charge in [0.15, 0.2) is 0 Å². The lowest BCUT2D eigenvalue weighted by atomic mass is 10.2. The number of aromatic nitrogens is 5. The van der Waals surface area contributed by atoms with Crippen LogP contribution < -0.4 is 5.32 Å². The van der Waals surface area contributed by atoms with Gasteiger partial charge in [-0.15, -0.1) is 5.10 Å². The molecule has 0 aliphatic carbocycles. The van der Waals surface area contributed by atoms with Gasteiger partial charge in [0.2, 0.25) is 11.6 Å². The van der Waals surface area contributed by atoms with Crippen LogP contribution in [0.5, 0.6) is 0 Å². The van der Waals surface area contributed by atoms with Crippen molar-refractivity contribution < 1.29 is 4.92 Å². The molecule has 118 valence electrons. The van der Waals surface area contributed by atoms with Crippen molar-refractivity contribution >= 4 is 22.5 Å². The standard InChI is InChI=1S/C14H15N7O2/c1-3-9(2)17-13-12(21(22)23)14(16-8-15-13)20-11-7-5-4-6-10(11)18-19-20/h4-9H,3H2,1-2H3,(H,15,16,17). The highest BCUT2D eigenvalue weighted by Gasteiger charge is 2.26. The Morgan fingerprint density at radius 1 is 1.35 bits per heavy atom. The van der Waals surface area contributed by atoms with Crippen molar-refractivity contribution in [3.63, 3.8) is 0 Å². The van der Waals surface area contributed by atoms with Gasteiger partial charge in [-0.25, -0.2) is 9.97 Å². The van der Waals surface area contributed by atoms with Crippen LogP contribution in [0, 0.1) is 10.1 Å². The minimum atomic E-state index is -0.503. The van der Waals surface area contributed by atoms with Crippen molar-refractivity contribution in [2.45, 2.75) is 26.3 Å². The van der Waals surface area contributed by atoms with Gasteiger partial charge in [0.1, 0.15) is 11.8 Å². The highest BCUT2D eigenvalue weighted by molar-refractivity contribution is 5.77. The van der Waals surface area contributed by atoms with E-state index in [-0.39, 0.29) is 23.4 Å². The topological polar surface area (TPSA) is 112 Å². The first-order chi connectivity index (χ1) is 11.1. The van der Waals surface area contributed by atoms with Gasteiger partial charge in [-0.2, -0.15) is 4.68 Å². The van der Waals surface area contributed by atoms with Gasteiger partial charge in [0.25, 0.3) is 0 Å². The number of para-hydroxylation sites is 1. The molecule has 1 atom stereocenters. The van der Waals surface area contributed by atoms with Gasteiger partial charge >= 0.3 is 5.69 Å². The van der Waals surface area contributed by atoms with E-state index in [0.29, 0.717) is 11.0 Å². The molecule has 1 unspecified atom stereocenters. The highest BCUT2D eigenvalue weighted by atomic mass is 16.6. The van der Waals surface area contributed by atoms with Crippen molar-refractivity contribution in [1.29, 1.82) is 0 Å². The average Bonchev–Trinajstić information content (AvgIpc) is 2.98. The molecular weight excluding hydrogens is 298 g/mol. The van der Waals surface area contributed by atoms with Crippen LogP contribution in [-0.4, -0.2) is 35.9 Å². The summed E-state index contributed by atoms with van der Waals surface area (Å²) in [4.78, 5) is 19.1. The molecule has 0 bridgehead atoms. The normalized spacial score (nSPS) is 12.3. The number of nitro groups is 1. The molecule has 9 heteroatoms. The lowest BCUT2D eigenvalue weighted by molar-refractivity contribution is -0.384. The fraction of sp³-hybridized carbons (Fsp3) is 0.286. The Balaban J connectivity index is 2.19. The number of fused-ring (bicyclic) bond motifs is 1. The van der Waals surface area contributed by atoms with E-state index in [0.717, 1.165) is 6.42 Å². The largest absolute Gasteiger partial charge is 0.362 e. The first-order valence-electron chi connectivity index (χ1n) is 7.18. The van der Waals surface area contributed by atoms with E-state index in [1.54, 1.807) is 12.1 Å². The number of nitrogens with one attached hydrogen (secondary N) is 1. The summed E-state index contributed by atoms with van der Waals surface area (Å²) in [6, 6.07) is 7.25. The van der Waals surface area contributed by atoms with Crippen LogP contribution >= 0.6 is 0 Å². The van der Waals surface area contributed by atoms with Gasteiger partial charge in [0, 0.05) is 6.04 Å². The van der Waals surface area contributed by atoms with Gasteiger partial charge in [-0.1, -0.05) is 24.3 Å². The summed E-state index contributed by atoms with van der Waals surface area (Å²) in [6.45, 7) is 3.91. The average molecular weight is 313 g/mol. The van der Waals surface area contributed by atoms with E-state index in [2.05, 4.69) is 25.6 Å². The zero-order valence-electron chi connectivity index (χ0n) is 12.7. The van der Waals surface area contributed by atoms with E-state index in [9.17, 15) is 10.1 Å². The minimum absolute atomic E-state index is 0.0453. The summed E-state index contributed by atoms with van der Waals surface area (Å²) < 4.78 is 1.36. The Hall–Kier alpha value is -3.10. The molecule has 2 heterocycles. The summed E-state index contributed by atoms with van der Waals surface area (Å²) in [6.07, 6.45) is 2.09. The minimum Gasteiger partial charge on any atom is -0.362 e. The molecule has 2 aromatic heterocycles. The second-order valence-corrected chi connectivity index (χ2v) is 5.10. The van der Waals surface area contributed by atoms with Crippen LogP contribution in [0.15, 0.2) is 30.6 Å². The third-order valence-electron chi connectivity index (χ3n) is 3.53. The number of anilines is 1. The van der Waals surface area contributed by atoms with Gasteiger partial charge in [-0.05, 0) is 25.5 Å². The number of hydrogen-bond acceptors (Lipinski definition) is 7. The molecule has 0 aliphatic rings. The molecule has 0 spiro atoms. The Kier molecular flexibility index (Phi) is 3.83. The molecule has 3 aromatic rings. The lowest BCUT2D eigenvalue weighted by Gasteiger charge is -2.13. The van der Waals surface area contributed by atoms with Crippen molar-refractivity contribution in [3.8, 4) is 5.82 Å². The van der Waals surface area contributed by atoms with Gasteiger partial charge in [0.05, 0.1) is 10.4 Å². The quantitative estimate of drug-likeness (QED) is 0.568. The zero-order chi connectivity index (χ0) is 16.4. The second-order valence-electron chi connectivity index (χ2n) is 5.10. The molecule has 9 nitrogen and oxygen atoms in total. The summed E-state index contributed by atoms with van der Waals surface area (Å²) >= 11 is 0. The van der Waals surface area contributed by atoms with E-state index in [4.69, 9.17) is 0 Å². The summed E-state index contributed by atoms with van der Waals surface area (Å²) in [5.74, 6) is 0.262. The van der Waals surface area contributed by atoms with Crippen LogP contribution in [0.3, 0.4) is 0 Å². The SMILES string of the molecule is CCC(C)Nc1ncnc(-n2nnc3ccccc32)c1[N+](=O)[O-]. The smallest absolute Gasteiger partial charge is 0.355 e. The van der Waals surface area contributed by atoms with Gasteiger partial charge in [-0.3, -0.25) is 10.1 Å². The molecule has 0 aliphatic heterocycles. The van der Waals surface area contributed by atoms with E-state index >= 15 is 0 Å². The van der Waals surface area contributed by atoms with E-state index in [1.807, 2.05) is 26.0 Å². The third-order valence-corrected chi connectivity index (χ3v) is 3.53. The second kappa shape index (κ2) is 5.95. The van der Waals surface area contributed by atoms with Crippen LogP contribution in [0.25, 0.3) is 16.9 Å². The molecule has 1 aromatic carbocycles. The molecule has 0 amide bonds. The summed E-state index contributed by atoms with van der Waals surface area (Å²) in [5, 5.41) is 22.6. The fourth-order valence-electron chi connectivity index (χ4n) is 2.16. The molecule has 0 saturated carbocycles. The van der Waals surface area contributed by atoms with Crippen molar-refractivity contribution in [2.24, 2.45) is 0 Å². The number of hydrogen-bond donors (Lipinski definition) is 1. The van der Waals surface area contributed by atoms with Crippen LogP contribution in [-0.2, 0) is 0 Å². The monoisotopic (exact) mass is 313 g/mol. The number of benzene rings is 1. The number of rotatable bonds is 5. The lowest BCUT2D eigenvalue weighted by Crippen LogP contribution is -2.17.